The normalized spacial score (nSPS) is 22.4. The summed E-state index contributed by atoms with van der Waals surface area (Å²) in [6.07, 6.45) is 1.24. The molecule has 1 aromatic carbocycles. The van der Waals surface area contributed by atoms with Crippen LogP contribution >= 0.6 is 0 Å². The number of ether oxygens (including phenoxy) is 2. The molecule has 3 heterocycles. The number of rotatable bonds is 5. The Hall–Kier alpha value is -2.61. The molecular formula is C21H30N6O2. The van der Waals surface area contributed by atoms with Crippen LogP contribution in [0.5, 0.6) is 5.75 Å². The first kappa shape index (κ1) is 19.7. The Morgan fingerprint density at radius 1 is 0.931 bits per heavy atom. The van der Waals surface area contributed by atoms with E-state index in [-0.39, 0.29) is 0 Å². The Morgan fingerprint density at radius 3 is 2.17 bits per heavy atom. The highest BCUT2D eigenvalue weighted by Gasteiger charge is 2.26. The smallest absolute Gasteiger partial charge is 0.233 e. The quantitative estimate of drug-likeness (QED) is 0.824. The van der Waals surface area contributed by atoms with Crippen LogP contribution in [0.4, 0.5) is 23.5 Å². The highest BCUT2D eigenvalue weighted by molar-refractivity contribution is 5.57. The highest BCUT2D eigenvalue weighted by atomic mass is 16.5. The third-order valence-electron chi connectivity index (χ3n) is 5.40. The zero-order valence-electron chi connectivity index (χ0n) is 17.5. The van der Waals surface area contributed by atoms with Gasteiger partial charge in [0.1, 0.15) is 5.75 Å². The average Bonchev–Trinajstić information content (AvgIpc) is 2.74. The molecule has 2 aromatic rings. The summed E-state index contributed by atoms with van der Waals surface area (Å²) in [7, 11) is 1.66. The Morgan fingerprint density at radius 2 is 1.55 bits per heavy atom. The largest absolute Gasteiger partial charge is 0.497 e. The number of anilines is 4. The van der Waals surface area contributed by atoms with E-state index in [9.17, 15) is 0 Å². The van der Waals surface area contributed by atoms with Crippen LogP contribution in [0, 0.1) is 11.8 Å². The molecule has 1 aromatic heterocycles. The fourth-order valence-corrected chi connectivity index (χ4v) is 4.09. The fourth-order valence-electron chi connectivity index (χ4n) is 4.09. The topological polar surface area (TPSA) is 75.6 Å². The van der Waals surface area contributed by atoms with Gasteiger partial charge < -0.3 is 24.6 Å². The van der Waals surface area contributed by atoms with Crippen LogP contribution < -0.4 is 19.9 Å². The minimum absolute atomic E-state index is 0.563. The van der Waals surface area contributed by atoms with Gasteiger partial charge in [-0.2, -0.15) is 15.0 Å². The zero-order chi connectivity index (χ0) is 20.2. The minimum atomic E-state index is 0.563. The lowest BCUT2D eigenvalue weighted by atomic mass is 9.92. The van der Waals surface area contributed by atoms with Crippen LogP contribution in [0.15, 0.2) is 24.3 Å². The van der Waals surface area contributed by atoms with E-state index < -0.39 is 0 Å². The molecule has 2 fully saturated rings. The molecule has 0 saturated carbocycles. The Kier molecular flexibility index (Phi) is 5.99. The summed E-state index contributed by atoms with van der Waals surface area (Å²) in [4.78, 5) is 18.8. The lowest BCUT2D eigenvalue weighted by Gasteiger charge is -2.35. The number of hydrogen-bond acceptors (Lipinski definition) is 8. The summed E-state index contributed by atoms with van der Waals surface area (Å²) in [6.45, 7) is 9.50. The van der Waals surface area contributed by atoms with Gasteiger partial charge in [-0.15, -0.1) is 0 Å². The number of piperidine rings is 1. The molecule has 2 aliphatic heterocycles. The van der Waals surface area contributed by atoms with Crippen LogP contribution in [0.1, 0.15) is 20.3 Å². The van der Waals surface area contributed by atoms with Crippen molar-refractivity contribution in [2.75, 3.05) is 61.6 Å². The van der Waals surface area contributed by atoms with E-state index in [1.807, 2.05) is 24.3 Å². The number of nitrogens with zero attached hydrogens (tertiary/aromatic N) is 5. The molecule has 2 saturated heterocycles. The summed E-state index contributed by atoms with van der Waals surface area (Å²) in [5, 5.41) is 3.33. The summed E-state index contributed by atoms with van der Waals surface area (Å²) >= 11 is 0. The van der Waals surface area contributed by atoms with Gasteiger partial charge in [0.25, 0.3) is 0 Å². The first-order valence-corrected chi connectivity index (χ1v) is 10.4. The predicted molar refractivity (Wildman–Crippen MR) is 114 cm³/mol. The SMILES string of the molecule is COc1ccc(Nc2nc(N3CCOCC3)nc(N3CC(C)CC(C)C3)n2)cc1. The van der Waals surface area contributed by atoms with E-state index in [0.29, 0.717) is 36.9 Å². The first-order chi connectivity index (χ1) is 14.1. The van der Waals surface area contributed by atoms with Gasteiger partial charge in [-0.05, 0) is 42.5 Å². The first-order valence-electron chi connectivity index (χ1n) is 10.4. The van der Waals surface area contributed by atoms with Crippen LogP contribution in [0.3, 0.4) is 0 Å². The van der Waals surface area contributed by atoms with Crippen LogP contribution in [-0.2, 0) is 4.74 Å². The molecule has 8 heteroatoms. The molecular weight excluding hydrogens is 368 g/mol. The van der Waals surface area contributed by atoms with Crippen molar-refractivity contribution in [3.8, 4) is 5.75 Å². The van der Waals surface area contributed by atoms with Crippen molar-refractivity contribution in [3.05, 3.63) is 24.3 Å². The lowest BCUT2D eigenvalue weighted by molar-refractivity contribution is 0.122. The second-order valence-corrected chi connectivity index (χ2v) is 8.06. The van der Waals surface area contributed by atoms with Gasteiger partial charge in [-0.1, -0.05) is 13.8 Å². The third-order valence-corrected chi connectivity index (χ3v) is 5.40. The molecule has 8 nitrogen and oxygen atoms in total. The highest BCUT2D eigenvalue weighted by Crippen LogP contribution is 2.27. The van der Waals surface area contributed by atoms with Gasteiger partial charge in [0.15, 0.2) is 0 Å². The summed E-state index contributed by atoms with van der Waals surface area (Å²) in [6, 6.07) is 7.76. The zero-order valence-corrected chi connectivity index (χ0v) is 17.5. The Bertz CT molecular complexity index is 799. The van der Waals surface area contributed by atoms with Crippen molar-refractivity contribution < 1.29 is 9.47 Å². The second-order valence-electron chi connectivity index (χ2n) is 8.06. The van der Waals surface area contributed by atoms with E-state index in [4.69, 9.17) is 24.4 Å². The van der Waals surface area contributed by atoms with Gasteiger partial charge in [0, 0.05) is 31.9 Å². The summed E-state index contributed by atoms with van der Waals surface area (Å²) in [5.74, 6) is 4.08. The molecule has 4 rings (SSSR count). The Balaban J connectivity index is 1.63. The maximum atomic E-state index is 5.49. The van der Waals surface area contributed by atoms with Gasteiger partial charge >= 0.3 is 0 Å². The maximum Gasteiger partial charge on any atom is 0.233 e. The second kappa shape index (κ2) is 8.82. The summed E-state index contributed by atoms with van der Waals surface area (Å²) < 4.78 is 10.7. The van der Waals surface area contributed by atoms with Crippen molar-refractivity contribution in [2.24, 2.45) is 11.8 Å². The van der Waals surface area contributed by atoms with Crippen molar-refractivity contribution in [2.45, 2.75) is 20.3 Å². The molecule has 29 heavy (non-hydrogen) atoms. The maximum absolute atomic E-state index is 5.49. The van der Waals surface area contributed by atoms with E-state index in [1.54, 1.807) is 7.11 Å². The molecule has 2 unspecified atom stereocenters. The Labute approximate surface area is 172 Å². The predicted octanol–water partition coefficient (Wildman–Crippen LogP) is 2.94. The molecule has 2 atom stereocenters. The molecule has 0 bridgehead atoms. The van der Waals surface area contributed by atoms with E-state index in [2.05, 4.69) is 29.0 Å². The number of hydrogen-bond donors (Lipinski definition) is 1. The standard InChI is InChI=1S/C21H30N6O2/c1-15-12-16(2)14-27(13-15)21-24-19(22-17-4-6-18(28-3)7-5-17)23-20(25-21)26-8-10-29-11-9-26/h4-7,15-16H,8-14H2,1-3H3,(H,22,23,24,25). The molecule has 0 amide bonds. The molecule has 1 N–H and O–H groups in total. The molecule has 0 spiro atoms. The molecule has 156 valence electrons. The monoisotopic (exact) mass is 398 g/mol. The van der Waals surface area contributed by atoms with E-state index in [1.165, 1.54) is 6.42 Å². The van der Waals surface area contributed by atoms with E-state index >= 15 is 0 Å². The summed E-state index contributed by atoms with van der Waals surface area (Å²) in [5.41, 5.74) is 0.913. The van der Waals surface area contributed by atoms with Crippen LogP contribution in [0.25, 0.3) is 0 Å². The number of nitrogens with one attached hydrogen (secondary N) is 1. The van der Waals surface area contributed by atoms with Crippen molar-refractivity contribution in [1.82, 2.24) is 15.0 Å². The van der Waals surface area contributed by atoms with Crippen LogP contribution in [0.2, 0.25) is 0 Å². The minimum Gasteiger partial charge on any atom is -0.497 e. The molecule has 0 radical (unpaired) electrons. The average molecular weight is 399 g/mol. The van der Waals surface area contributed by atoms with E-state index in [0.717, 1.165) is 43.6 Å². The van der Waals surface area contributed by atoms with Crippen molar-refractivity contribution in [1.29, 1.82) is 0 Å². The van der Waals surface area contributed by atoms with Crippen LogP contribution in [-0.4, -0.2) is 61.5 Å². The van der Waals surface area contributed by atoms with Gasteiger partial charge in [0.2, 0.25) is 17.8 Å². The molecule has 2 aliphatic rings. The van der Waals surface area contributed by atoms with Crippen molar-refractivity contribution in [3.63, 3.8) is 0 Å². The fraction of sp³-hybridized carbons (Fsp3) is 0.571. The van der Waals surface area contributed by atoms with Crippen molar-refractivity contribution >= 4 is 23.5 Å². The third kappa shape index (κ3) is 4.87. The van der Waals surface area contributed by atoms with Gasteiger partial charge in [0.05, 0.1) is 20.3 Å². The lowest BCUT2D eigenvalue weighted by Crippen LogP contribution is -2.41. The molecule has 0 aliphatic carbocycles. The number of morpholine rings is 1. The number of aromatic nitrogens is 3. The number of benzene rings is 1. The van der Waals surface area contributed by atoms with Gasteiger partial charge in [-0.3, -0.25) is 0 Å². The number of methoxy groups -OCH3 is 1. The van der Waals surface area contributed by atoms with Gasteiger partial charge in [-0.25, -0.2) is 0 Å².